The highest BCUT2D eigenvalue weighted by molar-refractivity contribution is 6.30. The van der Waals surface area contributed by atoms with E-state index >= 15 is 0 Å². The van der Waals surface area contributed by atoms with Crippen molar-refractivity contribution in [1.29, 1.82) is 0 Å². The molecule has 1 atom stereocenters. The summed E-state index contributed by atoms with van der Waals surface area (Å²) in [5.41, 5.74) is 3.79. The fourth-order valence-electron chi connectivity index (χ4n) is 3.19. The van der Waals surface area contributed by atoms with Crippen LogP contribution in [0.2, 0.25) is 5.02 Å². The van der Waals surface area contributed by atoms with Crippen LogP contribution in [0.15, 0.2) is 60.7 Å². The van der Waals surface area contributed by atoms with Crippen LogP contribution in [0.1, 0.15) is 24.9 Å². The zero-order chi connectivity index (χ0) is 16.8. The van der Waals surface area contributed by atoms with Crippen LogP contribution in [0.4, 0.5) is 0 Å². The van der Waals surface area contributed by atoms with E-state index in [2.05, 4.69) is 60.4 Å². The zero-order valence-electron chi connectivity index (χ0n) is 14.1. The van der Waals surface area contributed by atoms with Gasteiger partial charge in [-0.1, -0.05) is 60.2 Å². The average molecular weight is 342 g/mol. The van der Waals surface area contributed by atoms with Gasteiger partial charge in [0.25, 0.3) is 0 Å². The van der Waals surface area contributed by atoms with Crippen molar-refractivity contribution in [2.75, 3.05) is 26.3 Å². The zero-order valence-corrected chi connectivity index (χ0v) is 14.9. The van der Waals surface area contributed by atoms with Crippen molar-refractivity contribution in [1.82, 2.24) is 4.90 Å². The monoisotopic (exact) mass is 341 g/mol. The van der Waals surface area contributed by atoms with Gasteiger partial charge in [-0.3, -0.25) is 4.90 Å². The normalized spacial score (nSPS) is 17.2. The predicted octanol–water partition coefficient (Wildman–Crippen LogP) is 5.35. The minimum absolute atomic E-state index is 0.421. The summed E-state index contributed by atoms with van der Waals surface area (Å²) in [4.78, 5) is 2.53. The Morgan fingerprint density at radius 1 is 1.00 bits per heavy atom. The van der Waals surface area contributed by atoms with E-state index in [1.54, 1.807) is 0 Å². The van der Waals surface area contributed by atoms with E-state index in [0.29, 0.717) is 6.04 Å². The lowest BCUT2D eigenvalue weighted by Crippen LogP contribution is -2.38. The van der Waals surface area contributed by atoms with Gasteiger partial charge in [0.05, 0.1) is 13.2 Å². The quantitative estimate of drug-likeness (QED) is 0.680. The minimum atomic E-state index is 0.421. The van der Waals surface area contributed by atoms with E-state index in [4.69, 9.17) is 16.3 Å². The van der Waals surface area contributed by atoms with Crippen LogP contribution in [0.5, 0.6) is 0 Å². The van der Waals surface area contributed by atoms with E-state index in [1.165, 1.54) is 16.7 Å². The highest BCUT2D eigenvalue weighted by atomic mass is 35.5. The Hall–Kier alpha value is -1.61. The largest absolute Gasteiger partial charge is 0.379 e. The van der Waals surface area contributed by atoms with Gasteiger partial charge in [-0.05, 0) is 42.2 Å². The van der Waals surface area contributed by atoms with Crippen LogP contribution in [0.25, 0.3) is 11.1 Å². The summed E-state index contributed by atoms with van der Waals surface area (Å²) in [6.45, 7) is 5.74. The molecular weight excluding hydrogens is 318 g/mol. The fraction of sp³-hybridized carbons (Fsp3) is 0.333. The Morgan fingerprint density at radius 3 is 2.17 bits per heavy atom. The summed E-state index contributed by atoms with van der Waals surface area (Å²) in [5, 5.41) is 0.772. The van der Waals surface area contributed by atoms with Gasteiger partial charge < -0.3 is 4.74 Å². The van der Waals surface area contributed by atoms with E-state index in [-0.39, 0.29) is 0 Å². The lowest BCUT2D eigenvalue weighted by molar-refractivity contribution is 0.0166. The van der Waals surface area contributed by atoms with Crippen molar-refractivity contribution in [2.45, 2.75) is 19.4 Å². The van der Waals surface area contributed by atoms with E-state index in [0.717, 1.165) is 37.7 Å². The second kappa shape index (κ2) is 8.48. The highest BCUT2D eigenvalue weighted by Gasteiger charge is 2.21. The molecule has 0 amide bonds. The molecule has 0 radical (unpaired) electrons. The lowest BCUT2D eigenvalue weighted by atomic mass is 9.97. The molecule has 0 bridgehead atoms. The molecule has 1 aliphatic rings. The van der Waals surface area contributed by atoms with Gasteiger partial charge >= 0.3 is 0 Å². The molecule has 2 aromatic carbocycles. The second-order valence-electron chi connectivity index (χ2n) is 6.10. The number of allylic oxidation sites excluding steroid dienone is 1. The van der Waals surface area contributed by atoms with E-state index in [1.807, 2.05) is 12.1 Å². The molecule has 1 unspecified atom stereocenters. The number of nitrogens with zero attached hydrogens (tertiary/aromatic N) is 1. The summed E-state index contributed by atoms with van der Waals surface area (Å²) >= 11 is 5.98. The Labute approximate surface area is 149 Å². The number of rotatable bonds is 5. The summed E-state index contributed by atoms with van der Waals surface area (Å²) in [6, 6.07) is 17.4. The minimum Gasteiger partial charge on any atom is -0.379 e. The van der Waals surface area contributed by atoms with Crippen LogP contribution < -0.4 is 0 Å². The second-order valence-corrected chi connectivity index (χ2v) is 6.53. The smallest absolute Gasteiger partial charge is 0.0594 e. The van der Waals surface area contributed by atoms with E-state index < -0.39 is 0 Å². The third-order valence-corrected chi connectivity index (χ3v) is 4.81. The number of halogens is 1. The molecule has 1 saturated heterocycles. The standard InChI is InChI=1S/C21H24ClNO/c1-2-3-4-21(23-13-15-24-16-14-23)19-7-5-17(6-8-19)18-9-11-20(22)12-10-18/h2-3,5-12,21H,4,13-16H2,1H3. The molecule has 0 aliphatic carbocycles. The Kier molecular flexibility index (Phi) is 6.08. The molecule has 3 heteroatoms. The number of ether oxygens (including phenoxy) is 1. The first kappa shape index (κ1) is 17.2. The lowest BCUT2D eigenvalue weighted by Gasteiger charge is -2.34. The van der Waals surface area contributed by atoms with Gasteiger partial charge in [0.2, 0.25) is 0 Å². The van der Waals surface area contributed by atoms with Gasteiger partial charge in [-0.15, -0.1) is 0 Å². The fourth-order valence-corrected chi connectivity index (χ4v) is 3.32. The summed E-state index contributed by atoms with van der Waals surface area (Å²) in [7, 11) is 0. The van der Waals surface area contributed by atoms with E-state index in [9.17, 15) is 0 Å². The van der Waals surface area contributed by atoms with Gasteiger partial charge in [0, 0.05) is 24.2 Å². The van der Waals surface area contributed by atoms with Crippen molar-refractivity contribution < 1.29 is 4.74 Å². The molecule has 1 heterocycles. The summed E-state index contributed by atoms with van der Waals surface area (Å²) in [5.74, 6) is 0. The molecule has 1 fully saturated rings. The molecule has 0 saturated carbocycles. The Bertz CT molecular complexity index is 657. The number of morpholine rings is 1. The van der Waals surface area contributed by atoms with Crippen LogP contribution in [0.3, 0.4) is 0 Å². The maximum Gasteiger partial charge on any atom is 0.0594 e. The average Bonchev–Trinajstić information content (AvgIpc) is 2.64. The Balaban J connectivity index is 1.81. The third kappa shape index (κ3) is 4.27. The maximum absolute atomic E-state index is 5.98. The first-order chi connectivity index (χ1) is 11.8. The van der Waals surface area contributed by atoms with Crippen molar-refractivity contribution >= 4 is 11.6 Å². The molecule has 126 valence electrons. The van der Waals surface area contributed by atoms with Gasteiger partial charge in [-0.25, -0.2) is 0 Å². The van der Waals surface area contributed by atoms with Crippen molar-refractivity contribution in [3.63, 3.8) is 0 Å². The van der Waals surface area contributed by atoms with Gasteiger partial charge in [0.1, 0.15) is 0 Å². The molecule has 0 N–H and O–H groups in total. The van der Waals surface area contributed by atoms with Gasteiger partial charge in [-0.2, -0.15) is 0 Å². The highest BCUT2D eigenvalue weighted by Crippen LogP contribution is 2.29. The van der Waals surface area contributed by atoms with Crippen molar-refractivity contribution in [3.8, 4) is 11.1 Å². The first-order valence-corrected chi connectivity index (χ1v) is 8.94. The summed E-state index contributed by atoms with van der Waals surface area (Å²) in [6.07, 6.45) is 5.43. The van der Waals surface area contributed by atoms with Crippen LogP contribution in [-0.2, 0) is 4.74 Å². The maximum atomic E-state index is 5.98. The SMILES string of the molecule is CC=CCC(c1ccc(-c2ccc(Cl)cc2)cc1)N1CCOCC1. The predicted molar refractivity (Wildman–Crippen MR) is 101 cm³/mol. The van der Waals surface area contributed by atoms with Gasteiger partial charge in [0.15, 0.2) is 0 Å². The molecule has 1 aliphatic heterocycles. The number of hydrogen-bond acceptors (Lipinski definition) is 2. The van der Waals surface area contributed by atoms with Crippen LogP contribution in [-0.4, -0.2) is 31.2 Å². The molecule has 24 heavy (non-hydrogen) atoms. The van der Waals surface area contributed by atoms with Crippen molar-refractivity contribution in [3.05, 3.63) is 71.3 Å². The first-order valence-electron chi connectivity index (χ1n) is 8.57. The van der Waals surface area contributed by atoms with Crippen molar-refractivity contribution in [2.24, 2.45) is 0 Å². The topological polar surface area (TPSA) is 12.5 Å². The van der Waals surface area contributed by atoms with Crippen LogP contribution >= 0.6 is 11.6 Å². The molecule has 3 rings (SSSR count). The third-order valence-electron chi connectivity index (χ3n) is 4.55. The van der Waals surface area contributed by atoms with Crippen LogP contribution in [0, 0.1) is 0 Å². The number of hydrogen-bond donors (Lipinski definition) is 0. The molecule has 2 aromatic rings. The molecular formula is C21H24ClNO. The summed E-state index contributed by atoms with van der Waals surface area (Å²) < 4.78 is 5.51. The Morgan fingerprint density at radius 2 is 1.58 bits per heavy atom. The molecule has 0 aromatic heterocycles. The number of benzene rings is 2. The molecule has 2 nitrogen and oxygen atoms in total. The molecule has 0 spiro atoms.